The third kappa shape index (κ3) is 3.10. The number of rotatable bonds is 3. The lowest BCUT2D eigenvalue weighted by atomic mass is 10.1. The van der Waals surface area contributed by atoms with Crippen molar-refractivity contribution in [3.05, 3.63) is 57.5 Å². The van der Waals surface area contributed by atoms with Gasteiger partial charge in [0, 0.05) is 26.9 Å². The Hall–Kier alpha value is -0.640. The monoisotopic (exact) mass is 353 g/mol. The number of hydrogen-bond acceptors (Lipinski definition) is 2. The van der Waals surface area contributed by atoms with E-state index in [1.807, 2.05) is 30.0 Å². The lowest BCUT2D eigenvalue weighted by Gasteiger charge is -2.12. The lowest BCUT2D eigenvalue weighted by Crippen LogP contribution is -2.15. The number of anilines is 1. The molecular formula is C15H13BrClNS. The predicted molar refractivity (Wildman–Crippen MR) is 87.4 cm³/mol. The van der Waals surface area contributed by atoms with Crippen LogP contribution in [0.4, 0.5) is 5.69 Å². The Balaban J connectivity index is 1.61. The highest BCUT2D eigenvalue weighted by Crippen LogP contribution is 2.36. The summed E-state index contributed by atoms with van der Waals surface area (Å²) in [6.45, 7) is 0.956. The summed E-state index contributed by atoms with van der Waals surface area (Å²) in [4.78, 5) is 1.42. The van der Waals surface area contributed by atoms with Crippen molar-refractivity contribution in [1.82, 2.24) is 0 Å². The Kier molecular flexibility index (Phi) is 4.06. The summed E-state index contributed by atoms with van der Waals surface area (Å²) in [5, 5.41) is 4.80. The van der Waals surface area contributed by atoms with Crippen LogP contribution in [0.3, 0.4) is 0 Å². The van der Waals surface area contributed by atoms with Crippen LogP contribution in [0.2, 0.25) is 5.02 Å². The Labute approximate surface area is 130 Å². The van der Waals surface area contributed by atoms with Crippen molar-refractivity contribution in [2.75, 3.05) is 11.9 Å². The minimum Gasteiger partial charge on any atom is -0.384 e. The Morgan fingerprint density at radius 1 is 1.26 bits per heavy atom. The van der Waals surface area contributed by atoms with Crippen LogP contribution >= 0.6 is 39.3 Å². The summed E-state index contributed by atoms with van der Waals surface area (Å²) in [5.41, 5.74) is 2.54. The minimum atomic E-state index is 0.597. The van der Waals surface area contributed by atoms with Crippen LogP contribution in [0.5, 0.6) is 0 Å². The van der Waals surface area contributed by atoms with E-state index in [2.05, 4.69) is 45.5 Å². The van der Waals surface area contributed by atoms with Crippen molar-refractivity contribution in [3.8, 4) is 0 Å². The standard InChI is InChI=1S/C15H13BrClNS/c16-13-6-5-11(8-14(13)17)18-9-12-7-10-3-1-2-4-15(10)19-12/h1-6,8,12,18H,7,9H2. The van der Waals surface area contributed by atoms with Gasteiger partial charge in [0.25, 0.3) is 0 Å². The van der Waals surface area contributed by atoms with Crippen LogP contribution < -0.4 is 5.32 Å². The normalized spacial score (nSPS) is 17.3. The highest BCUT2D eigenvalue weighted by molar-refractivity contribution is 9.10. The number of halogens is 2. The van der Waals surface area contributed by atoms with Gasteiger partial charge in [0.05, 0.1) is 5.02 Å². The average molecular weight is 355 g/mol. The van der Waals surface area contributed by atoms with Gasteiger partial charge in [-0.15, -0.1) is 11.8 Å². The summed E-state index contributed by atoms with van der Waals surface area (Å²) >= 11 is 11.5. The molecule has 1 aliphatic rings. The molecule has 2 aromatic carbocycles. The van der Waals surface area contributed by atoms with Crippen LogP contribution in [0.15, 0.2) is 51.8 Å². The van der Waals surface area contributed by atoms with E-state index in [-0.39, 0.29) is 0 Å². The molecule has 0 saturated heterocycles. The first-order valence-electron chi connectivity index (χ1n) is 6.16. The molecule has 0 radical (unpaired) electrons. The Bertz CT molecular complexity index is 577. The van der Waals surface area contributed by atoms with E-state index in [4.69, 9.17) is 11.6 Å². The summed E-state index contributed by atoms with van der Waals surface area (Å²) in [6, 6.07) is 14.6. The second kappa shape index (κ2) is 5.78. The third-order valence-electron chi connectivity index (χ3n) is 3.17. The van der Waals surface area contributed by atoms with Crippen molar-refractivity contribution in [1.29, 1.82) is 0 Å². The molecule has 1 nitrogen and oxygen atoms in total. The topological polar surface area (TPSA) is 12.0 Å². The molecule has 2 aromatic rings. The largest absolute Gasteiger partial charge is 0.384 e. The molecule has 4 heteroatoms. The second-order valence-electron chi connectivity index (χ2n) is 4.56. The van der Waals surface area contributed by atoms with Crippen LogP contribution in [0.25, 0.3) is 0 Å². The van der Waals surface area contributed by atoms with Crippen molar-refractivity contribution < 1.29 is 0 Å². The van der Waals surface area contributed by atoms with Gasteiger partial charge in [0.15, 0.2) is 0 Å². The molecule has 0 aliphatic carbocycles. The van der Waals surface area contributed by atoms with E-state index in [0.29, 0.717) is 5.25 Å². The van der Waals surface area contributed by atoms with Gasteiger partial charge >= 0.3 is 0 Å². The fraction of sp³-hybridized carbons (Fsp3) is 0.200. The van der Waals surface area contributed by atoms with E-state index in [1.165, 1.54) is 10.5 Å². The zero-order valence-electron chi connectivity index (χ0n) is 10.2. The van der Waals surface area contributed by atoms with Gasteiger partial charge in [-0.05, 0) is 52.2 Å². The molecule has 0 amide bonds. The summed E-state index contributed by atoms with van der Waals surface area (Å²) in [6.07, 6.45) is 1.14. The van der Waals surface area contributed by atoms with Gasteiger partial charge in [0.2, 0.25) is 0 Å². The molecule has 1 atom stereocenters. The molecule has 19 heavy (non-hydrogen) atoms. The fourth-order valence-electron chi connectivity index (χ4n) is 2.21. The molecular weight excluding hydrogens is 342 g/mol. The summed E-state index contributed by atoms with van der Waals surface area (Å²) < 4.78 is 0.933. The van der Waals surface area contributed by atoms with Gasteiger partial charge in [-0.25, -0.2) is 0 Å². The molecule has 1 heterocycles. The van der Waals surface area contributed by atoms with Crippen LogP contribution in [0, 0.1) is 0 Å². The number of nitrogens with one attached hydrogen (secondary N) is 1. The van der Waals surface area contributed by atoms with Gasteiger partial charge in [0.1, 0.15) is 0 Å². The van der Waals surface area contributed by atoms with Crippen LogP contribution in [-0.4, -0.2) is 11.8 Å². The maximum atomic E-state index is 6.09. The smallest absolute Gasteiger partial charge is 0.0568 e. The molecule has 3 rings (SSSR count). The number of hydrogen-bond donors (Lipinski definition) is 1. The minimum absolute atomic E-state index is 0.597. The SMILES string of the molecule is Clc1cc(NCC2Cc3ccccc3S2)ccc1Br. The molecule has 0 spiro atoms. The van der Waals surface area contributed by atoms with E-state index in [1.54, 1.807) is 0 Å². The fourth-order valence-corrected chi connectivity index (χ4v) is 3.88. The summed E-state index contributed by atoms with van der Waals surface area (Å²) in [5.74, 6) is 0. The Morgan fingerprint density at radius 3 is 2.89 bits per heavy atom. The molecule has 0 bridgehead atoms. The first-order chi connectivity index (χ1) is 9.22. The molecule has 1 unspecified atom stereocenters. The van der Waals surface area contributed by atoms with Gasteiger partial charge < -0.3 is 5.32 Å². The van der Waals surface area contributed by atoms with Crippen molar-refractivity contribution in [2.45, 2.75) is 16.6 Å². The number of benzene rings is 2. The zero-order chi connectivity index (χ0) is 13.2. The van der Waals surface area contributed by atoms with E-state index in [0.717, 1.165) is 28.1 Å². The van der Waals surface area contributed by atoms with E-state index >= 15 is 0 Å². The van der Waals surface area contributed by atoms with Gasteiger partial charge in [-0.3, -0.25) is 0 Å². The highest BCUT2D eigenvalue weighted by atomic mass is 79.9. The molecule has 0 saturated carbocycles. The first kappa shape index (κ1) is 13.3. The average Bonchev–Trinajstić information content (AvgIpc) is 2.83. The highest BCUT2D eigenvalue weighted by Gasteiger charge is 2.21. The van der Waals surface area contributed by atoms with E-state index < -0.39 is 0 Å². The van der Waals surface area contributed by atoms with Crippen molar-refractivity contribution >= 4 is 45.0 Å². The molecule has 1 N–H and O–H groups in total. The number of fused-ring (bicyclic) bond motifs is 1. The Morgan fingerprint density at radius 2 is 2.11 bits per heavy atom. The number of thioether (sulfide) groups is 1. The zero-order valence-corrected chi connectivity index (χ0v) is 13.4. The maximum Gasteiger partial charge on any atom is 0.0568 e. The molecule has 1 aliphatic heterocycles. The van der Waals surface area contributed by atoms with Gasteiger partial charge in [-0.1, -0.05) is 29.8 Å². The molecule has 0 aromatic heterocycles. The molecule has 98 valence electrons. The van der Waals surface area contributed by atoms with Crippen LogP contribution in [-0.2, 0) is 6.42 Å². The first-order valence-corrected chi connectivity index (χ1v) is 8.21. The van der Waals surface area contributed by atoms with Crippen molar-refractivity contribution in [3.63, 3.8) is 0 Å². The quantitative estimate of drug-likeness (QED) is 0.810. The van der Waals surface area contributed by atoms with E-state index in [9.17, 15) is 0 Å². The third-order valence-corrected chi connectivity index (χ3v) is 5.72. The predicted octanol–water partition coefficient (Wildman–Crippen LogP) is 5.23. The lowest BCUT2D eigenvalue weighted by molar-refractivity contribution is 0.899. The second-order valence-corrected chi connectivity index (χ2v) is 7.17. The maximum absolute atomic E-state index is 6.09. The molecule has 0 fully saturated rings. The summed E-state index contributed by atoms with van der Waals surface area (Å²) in [7, 11) is 0. The van der Waals surface area contributed by atoms with Crippen LogP contribution in [0.1, 0.15) is 5.56 Å². The van der Waals surface area contributed by atoms with Gasteiger partial charge in [-0.2, -0.15) is 0 Å². The van der Waals surface area contributed by atoms with Crippen molar-refractivity contribution in [2.24, 2.45) is 0 Å².